The molecule has 80 valence electrons. The van der Waals surface area contributed by atoms with Gasteiger partial charge in [0.05, 0.1) is 6.07 Å². The van der Waals surface area contributed by atoms with Gasteiger partial charge in [0.15, 0.2) is 0 Å². The highest BCUT2D eigenvalue weighted by Gasteiger charge is 2.22. The number of esters is 1. The zero-order chi connectivity index (χ0) is 11.7. The number of carbonyl (C=O) groups is 2. The minimum Gasteiger partial charge on any atom is -0.461 e. The first-order valence-electron chi connectivity index (χ1n) is 4.46. The summed E-state index contributed by atoms with van der Waals surface area (Å²) in [6.45, 7) is 4.80. The molecule has 1 atom stereocenters. The molecule has 0 aliphatic heterocycles. The zero-order valence-electron chi connectivity index (χ0n) is 8.60. The number of hydrogen-bond acceptors (Lipinski definition) is 4. The molecule has 0 spiro atoms. The van der Waals surface area contributed by atoms with Gasteiger partial charge < -0.3 is 4.74 Å². The number of ether oxygens (including phenoxy) is 1. The lowest BCUT2D eigenvalue weighted by Gasteiger charge is -2.09. The fourth-order valence-corrected chi connectivity index (χ4v) is 0.927. The summed E-state index contributed by atoms with van der Waals surface area (Å²) in [5.74, 6) is -1.67. The minimum absolute atomic E-state index is 0.0879. The van der Waals surface area contributed by atoms with Gasteiger partial charge in [-0.1, -0.05) is 18.7 Å². The molecule has 4 heteroatoms. The van der Waals surface area contributed by atoms with E-state index >= 15 is 0 Å². The lowest BCUT2D eigenvalue weighted by molar-refractivity contribution is -0.150. The summed E-state index contributed by atoms with van der Waals surface area (Å²) in [4.78, 5) is 22.4. The van der Waals surface area contributed by atoms with Crippen molar-refractivity contribution in [3.8, 4) is 6.07 Å². The van der Waals surface area contributed by atoms with Gasteiger partial charge in [0.25, 0.3) is 0 Å². The first kappa shape index (κ1) is 13.1. The summed E-state index contributed by atoms with van der Waals surface area (Å²) in [6, 6.07) is 1.78. The summed E-state index contributed by atoms with van der Waals surface area (Å²) in [6.07, 6.45) is 4.33. The van der Waals surface area contributed by atoms with Gasteiger partial charge in [-0.25, -0.2) is 0 Å². The molecule has 0 fully saturated rings. The van der Waals surface area contributed by atoms with Crippen molar-refractivity contribution in [3.05, 3.63) is 24.8 Å². The fraction of sp³-hybridized carbons (Fsp3) is 0.364. The Kier molecular flexibility index (Phi) is 6.56. The summed E-state index contributed by atoms with van der Waals surface area (Å²) < 4.78 is 4.75. The monoisotopic (exact) mass is 207 g/mol. The molecular weight excluding hydrogens is 194 g/mol. The molecule has 0 radical (unpaired) electrons. The second-order valence-corrected chi connectivity index (χ2v) is 2.85. The largest absolute Gasteiger partial charge is 0.461 e. The third-order valence-corrected chi connectivity index (χ3v) is 1.68. The maximum absolute atomic E-state index is 11.3. The van der Waals surface area contributed by atoms with E-state index in [0.29, 0.717) is 0 Å². The quantitative estimate of drug-likeness (QED) is 0.285. The highest BCUT2D eigenvalue weighted by Crippen LogP contribution is 2.08. The standard InChI is InChI=1S/C11H13NO3/c1-3-8-15-11(14)10(9(2)13)6-4-5-7-12/h3-5,10H,1,6,8H2,2H3/b5-4+. The molecule has 0 bridgehead atoms. The van der Waals surface area contributed by atoms with Crippen molar-refractivity contribution in [3.63, 3.8) is 0 Å². The zero-order valence-corrected chi connectivity index (χ0v) is 8.60. The number of carbonyl (C=O) groups excluding carboxylic acids is 2. The van der Waals surface area contributed by atoms with Crippen molar-refractivity contribution in [2.45, 2.75) is 13.3 Å². The summed E-state index contributed by atoms with van der Waals surface area (Å²) >= 11 is 0. The molecule has 0 aliphatic rings. The number of allylic oxidation sites excluding steroid dienone is 2. The SMILES string of the molecule is C=CCOC(=O)C(C/C=C/C#N)C(C)=O. The molecule has 0 aromatic carbocycles. The van der Waals surface area contributed by atoms with Crippen LogP contribution in [0.1, 0.15) is 13.3 Å². The van der Waals surface area contributed by atoms with Gasteiger partial charge in [0.1, 0.15) is 18.3 Å². The molecule has 0 saturated heterocycles. The van der Waals surface area contributed by atoms with E-state index in [-0.39, 0.29) is 18.8 Å². The van der Waals surface area contributed by atoms with E-state index < -0.39 is 11.9 Å². The van der Waals surface area contributed by atoms with Crippen LogP contribution in [-0.4, -0.2) is 18.4 Å². The Morgan fingerprint density at radius 1 is 1.60 bits per heavy atom. The van der Waals surface area contributed by atoms with Gasteiger partial charge in [0.2, 0.25) is 0 Å². The first-order chi connectivity index (χ1) is 7.13. The summed E-state index contributed by atoms with van der Waals surface area (Å²) in [5.41, 5.74) is 0. The van der Waals surface area contributed by atoms with Crippen molar-refractivity contribution in [2.24, 2.45) is 5.92 Å². The van der Waals surface area contributed by atoms with Crippen LogP contribution >= 0.6 is 0 Å². The molecular formula is C11H13NO3. The van der Waals surface area contributed by atoms with Crippen LogP contribution in [0.25, 0.3) is 0 Å². The Morgan fingerprint density at radius 3 is 2.73 bits per heavy atom. The van der Waals surface area contributed by atoms with Crippen LogP contribution in [0, 0.1) is 17.2 Å². The highest BCUT2D eigenvalue weighted by molar-refractivity contribution is 5.97. The molecule has 15 heavy (non-hydrogen) atoms. The molecule has 0 aliphatic carbocycles. The smallest absolute Gasteiger partial charge is 0.317 e. The molecule has 0 N–H and O–H groups in total. The molecule has 4 nitrogen and oxygen atoms in total. The van der Waals surface area contributed by atoms with Crippen molar-refractivity contribution in [2.75, 3.05) is 6.61 Å². The molecule has 1 unspecified atom stereocenters. The molecule has 0 saturated carbocycles. The van der Waals surface area contributed by atoms with Crippen molar-refractivity contribution >= 4 is 11.8 Å². The number of nitrogens with zero attached hydrogens (tertiary/aromatic N) is 1. The Hall–Kier alpha value is -1.89. The van der Waals surface area contributed by atoms with E-state index in [9.17, 15) is 9.59 Å². The average Bonchev–Trinajstić information content (AvgIpc) is 2.20. The van der Waals surface area contributed by atoms with E-state index in [4.69, 9.17) is 10.00 Å². The van der Waals surface area contributed by atoms with Crippen LogP contribution in [0.15, 0.2) is 24.8 Å². The number of Topliss-reactive ketones (excluding diaryl/α,β-unsaturated/α-hetero) is 1. The number of ketones is 1. The molecule has 0 aromatic heterocycles. The van der Waals surface area contributed by atoms with E-state index in [1.54, 1.807) is 6.07 Å². The fourth-order valence-electron chi connectivity index (χ4n) is 0.927. The van der Waals surface area contributed by atoms with E-state index in [2.05, 4.69) is 6.58 Å². The second kappa shape index (κ2) is 7.51. The Morgan fingerprint density at radius 2 is 2.27 bits per heavy atom. The second-order valence-electron chi connectivity index (χ2n) is 2.85. The van der Waals surface area contributed by atoms with Gasteiger partial charge >= 0.3 is 5.97 Å². The van der Waals surface area contributed by atoms with Crippen LogP contribution < -0.4 is 0 Å². The topological polar surface area (TPSA) is 67.2 Å². The Bertz CT molecular complexity index is 312. The van der Waals surface area contributed by atoms with Crippen molar-refractivity contribution in [1.29, 1.82) is 5.26 Å². The van der Waals surface area contributed by atoms with Gasteiger partial charge in [-0.05, 0) is 13.3 Å². The maximum atomic E-state index is 11.3. The molecule has 0 rings (SSSR count). The summed E-state index contributed by atoms with van der Waals surface area (Å²) in [5, 5.41) is 8.25. The number of rotatable bonds is 6. The molecule has 0 heterocycles. The van der Waals surface area contributed by atoms with E-state index in [1.165, 1.54) is 25.2 Å². The highest BCUT2D eigenvalue weighted by atomic mass is 16.5. The number of hydrogen-bond donors (Lipinski definition) is 0. The van der Waals surface area contributed by atoms with E-state index in [1.807, 2.05) is 0 Å². The average molecular weight is 207 g/mol. The van der Waals surface area contributed by atoms with Crippen molar-refractivity contribution in [1.82, 2.24) is 0 Å². The predicted molar refractivity (Wildman–Crippen MR) is 54.7 cm³/mol. The lowest BCUT2D eigenvalue weighted by atomic mass is 10.0. The Labute approximate surface area is 88.8 Å². The van der Waals surface area contributed by atoms with Gasteiger partial charge in [-0.3, -0.25) is 9.59 Å². The third kappa shape index (κ3) is 5.42. The van der Waals surface area contributed by atoms with Crippen LogP contribution in [-0.2, 0) is 14.3 Å². The van der Waals surface area contributed by atoms with Crippen LogP contribution in [0.2, 0.25) is 0 Å². The summed E-state index contributed by atoms with van der Waals surface area (Å²) in [7, 11) is 0. The third-order valence-electron chi connectivity index (χ3n) is 1.68. The minimum atomic E-state index is -0.824. The van der Waals surface area contributed by atoms with Gasteiger partial charge in [-0.2, -0.15) is 5.26 Å². The Balaban J connectivity index is 4.33. The molecule has 0 amide bonds. The maximum Gasteiger partial charge on any atom is 0.317 e. The van der Waals surface area contributed by atoms with Crippen LogP contribution in [0.4, 0.5) is 0 Å². The van der Waals surface area contributed by atoms with Gasteiger partial charge in [-0.15, -0.1) is 0 Å². The van der Waals surface area contributed by atoms with Crippen LogP contribution in [0.5, 0.6) is 0 Å². The molecule has 0 aromatic rings. The van der Waals surface area contributed by atoms with Gasteiger partial charge in [0, 0.05) is 6.08 Å². The lowest BCUT2D eigenvalue weighted by Crippen LogP contribution is -2.23. The van der Waals surface area contributed by atoms with Crippen LogP contribution in [0.3, 0.4) is 0 Å². The first-order valence-corrected chi connectivity index (χ1v) is 4.46. The number of nitriles is 1. The normalized spacial score (nSPS) is 11.7. The predicted octanol–water partition coefficient (Wildman–Crippen LogP) is 1.39. The van der Waals surface area contributed by atoms with Crippen molar-refractivity contribution < 1.29 is 14.3 Å². The van der Waals surface area contributed by atoms with E-state index in [0.717, 1.165) is 0 Å².